The fraction of sp³-hybridized carbons (Fsp3) is 0.900. The molecule has 15 heavy (non-hydrogen) atoms. The van der Waals surface area contributed by atoms with E-state index in [0.29, 0.717) is 0 Å². The summed E-state index contributed by atoms with van der Waals surface area (Å²) in [4.78, 5) is 13.7. The van der Waals surface area contributed by atoms with Gasteiger partial charge in [0.25, 0.3) is 0 Å². The van der Waals surface area contributed by atoms with E-state index in [4.69, 9.17) is 4.74 Å². The number of hydrogen-bond donors (Lipinski definition) is 1. The fourth-order valence-corrected chi connectivity index (χ4v) is 3.15. The van der Waals surface area contributed by atoms with Crippen LogP contribution in [0.4, 0.5) is 0 Å². The monoisotopic (exact) mass is 276 g/mol. The second-order valence-electron chi connectivity index (χ2n) is 4.15. The molecule has 2 saturated heterocycles. The van der Waals surface area contributed by atoms with Crippen LogP contribution in [0.15, 0.2) is 0 Å². The quantitative estimate of drug-likeness (QED) is 0.756. The van der Waals surface area contributed by atoms with Crippen molar-refractivity contribution >= 4 is 21.8 Å². The van der Waals surface area contributed by atoms with E-state index in [9.17, 15) is 4.79 Å². The lowest BCUT2D eigenvalue weighted by Gasteiger charge is -2.35. The molecule has 0 radical (unpaired) electrons. The first-order valence-electron chi connectivity index (χ1n) is 5.45. The smallest absolute Gasteiger partial charge is 0.237 e. The van der Waals surface area contributed by atoms with Crippen LogP contribution in [0.3, 0.4) is 0 Å². The summed E-state index contributed by atoms with van der Waals surface area (Å²) >= 11 is 3.45. The van der Waals surface area contributed by atoms with Crippen LogP contribution in [0.5, 0.6) is 0 Å². The van der Waals surface area contributed by atoms with Gasteiger partial charge in [0.1, 0.15) is 11.1 Å². The van der Waals surface area contributed by atoms with Crippen molar-refractivity contribution in [2.75, 3.05) is 20.2 Å². The van der Waals surface area contributed by atoms with Crippen LogP contribution in [0, 0.1) is 0 Å². The molecule has 2 rings (SSSR count). The van der Waals surface area contributed by atoms with Gasteiger partial charge >= 0.3 is 0 Å². The molecule has 2 heterocycles. The molecule has 0 spiro atoms. The highest BCUT2D eigenvalue weighted by molar-refractivity contribution is 9.10. The first-order chi connectivity index (χ1) is 7.24. The average Bonchev–Trinajstić information content (AvgIpc) is 2.56. The molecule has 2 aliphatic heterocycles. The number of nitrogens with one attached hydrogen (secondary N) is 1. The van der Waals surface area contributed by atoms with Crippen molar-refractivity contribution in [3.05, 3.63) is 0 Å². The van der Waals surface area contributed by atoms with E-state index >= 15 is 0 Å². The van der Waals surface area contributed by atoms with Crippen molar-refractivity contribution in [2.24, 2.45) is 0 Å². The molecule has 0 aliphatic carbocycles. The number of likely N-dealkylation sites (tertiary alicyclic amines) is 1. The first kappa shape index (κ1) is 11.4. The molecule has 0 unspecified atom stereocenters. The van der Waals surface area contributed by atoms with Gasteiger partial charge in [-0.25, -0.2) is 0 Å². The topological polar surface area (TPSA) is 41.6 Å². The summed E-state index contributed by atoms with van der Waals surface area (Å²) in [6.45, 7) is 2.14. The third-order valence-corrected chi connectivity index (χ3v) is 4.17. The standard InChI is InChI=1S/C10H17BrN2O2/c1-15-10-8(7(11)9(14)12-10)13-5-3-2-4-6-13/h7-8,10H,2-6H2,1H3,(H,12,14)/t7-,8+,10+/m0/s1. The Labute approximate surface area is 98.5 Å². The van der Waals surface area contributed by atoms with Crippen LogP contribution in [0.2, 0.25) is 0 Å². The van der Waals surface area contributed by atoms with E-state index < -0.39 is 0 Å². The maximum absolute atomic E-state index is 11.5. The lowest BCUT2D eigenvalue weighted by atomic mass is 10.1. The Morgan fingerprint density at radius 2 is 2.07 bits per heavy atom. The number of alkyl halides is 1. The number of methoxy groups -OCH3 is 1. The minimum absolute atomic E-state index is 0.0393. The Morgan fingerprint density at radius 1 is 1.40 bits per heavy atom. The molecule has 86 valence electrons. The predicted molar refractivity (Wildman–Crippen MR) is 60.9 cm³/mol. The molecule has 1 amide bonds. The summed E-state index contributed by atoms with van der Waals surface area (Å²) in [7, 11) is 1.65. The van der Waals surface area contributed by atoms with Crippen LogP contribution < -0.4 is 5.32 Å². The minimum Gasteiger partial charge on any atom is -0.360 e. The maximum atomic E-state index is 11.5. The molecule has 4 nitrogen and oxygen atoms in total. The van der Waals surface area contributed by atoms with Gasteiger partial charge in [-0.2, -0.15) is 0 Å². The maximum Gasteiger partial charge on any atom is 0.237 e. The predicted octanol–water partition coefficient (Wildman–Crippen LogP) is 0.707. The molecular formula is C10H17BrN2O2. The van der Waals surface area contributed by atoms with Crippen molar-refractivity contribution in [1.82, 2.24) is 10.2 Å². The number of ether oxygens (including phenoxy) is 1. The third-order valence-electron chi connectivity index (χ3n) is 3.21. The van der Waals surface area contributed by atoms with E-state index in [-0.39, 0.29) is 23.0 Å². The molecule has 0 aromatic carbocycles. The molecule has 0 bridgehead atoms. The number of rotatable bonds is 2. The summed E-state index contributed by atoms with van der Waals surface area (Å²) < 4.78 is 5.31. The Bertz CT molecular complexity index is 244. The number of piperidine rings is 1. The molecule has 0 aromatic heterocycles. The summed E-state index contributed by atoms with van der Waals surface area (Å²) in [6, 6.07) is 0.141. The van der Waals surface area contributed by atoms with Gasteiger partial charge in [0.05, 0.1) is 6.04 Å². The molecule has 3 atom stereocenters. The molecule has 2 aliphatic rings. The van der Waals surface area contributed by atoms with Gasteiger partial charge in [-0.3, -0.25) is 9.69 Å². The fourth-order valence-electron chi connectivity index (χ4n) is 2.41. The highest BCUT2D eigenvalue weighted by atomic mass is 79.9. The third kappa shape index (κ3) is 2.19. The van der Waals surface area contributed by atoms with E-state index in [1.54, 1.807) is 7.11 Å². The Kier molecular flexibility index (Phi) is 3.64. The summed E-state index contributed by atoms with van der Waals surface area (Å²) in [6.07, 6.45) is 3.58. The van der Waals surface area contributed by atoms with E-state index in [1.165, 1.54) is 19.3 Å². The van der Waals surface area contributed by atoms with Crippen molar-refractivity contribution in [3.8, 4) is 0 Å². The van der Waals surface area contributed by atoms with Gasteiger partial charge in [-0.05, 0) is 25.9 Å². The van der Waals surface area contributed by atoms with E-state index in [0.717, 1.165) is 13.1 Å². The van der Waals surface area contributed by atoms with Gasteiger partial charge in [0.2, 0.25) is 5.91 Å². The second-order valence-corrected chi connectivity index (χ2v) is 5.14. The minimum atomic E-state index is -0.167. The van der Waals surface area contributed by atoms with E-state index in [1.807, 2.05) is 0 Å². The highest BCUT2D eigenvalue weighted by Crippen LogP contribution is 2.25. The molecule has 5 heteroatoms. The van der Waals surface area contributed by atoms with Crippen molar-refractivity contribution in [3.63, 3.8) is 0 Å². The molecule has 0 aromatic rings. The van der Waals surface area contributed by atoms with Crippen LogP contribution in [0.1, 0.15) is 19.3 Å². The number of carbonyl (C=O) groups excluding carboxylic acids is 1. The number of halogens is 1. The SMILES string of the molecule is CO[C@H]1NC(=O)[C@@H](Br)[C@H]1N1CCCCC1. The number of nitrogens with zero attached hydrogens (tertiary/aromatic N) is 1. The lowest BCUT2D eigenvalue weighted by molar-refractivity contribution is -0.120. The van der Waals surface area contributed by atoms with Crippen LogP contribution in [-0.4, -0.2) is 48.1 Å². The van der Waals surface area contributed by atoms with Crippen molar-refractivity contribution < 1.29 is 9.53 Å². The summed E-state index contributed by atoms with van der Waals surface area (Å²) in [5, 5.41) is 2.85. The van der Waals surface area contributed by atoms with Crippen LogP contribution >= 0.6 is 15.9 Å². The Balaban J connectivity index is 2.06. The Morgan fingerprint density at radius 3 is 2.67 bits per heavy atom. The molecule has 0 saturated carbocycles. The zero-order chi connectivity index (χ0) is 10.8. The Hall–Kier alpha value is -0.130. The summed E-state index contributed by atoms with van der Waals surface area (Å²) in [5.74, 6) is 0.0393. The second kappa shape index (κ2) is 4.80. The number of carbonyl (C=O) groups is 1. The highest BCUT2D eigenvalue weighted by Gasteiger charge is 2.44. The normalized spacial score (nSPS) is 38.0. The van der Waals surface area contributed by atoms with E-state index in [2.05, 4.69) is 26.1 Å². The van der Waals surface area contributed by atoms with Gasteiger partial charge in [-0.15, -0.1) is 0 Å². The zero-order valence-electron chi connectivity index (χ0n) is 8.91. The van der Waals surface area contributed by atoms with Gasteiger partial charge in [0.15, 0.2) is 0 Å². The van der Waals surface area contributed by atoms with Crippen molar-refractivity contribution in [2.45, 2.75) is 36.4 Å². The molecule has 1 N–H and O–H groups in total. The van der Waals surface area contributed by atoms with Crippen LogP contribution in [0.25, 0.3) is 0 Å². The van der Waals surface area contributed by atoms with Gasteiger partial charge < -0.3 is 10.1 Å². The van der Waals surface area contributed by atoms with Gasteiger partial charge in [-0.1, -0.05) is 22.4 Å². The molecular weight excluding hydrogens is 260 g/mol. The lowest BCUT2D eigenvalue weighted by Crippen LogP contribution is -2.49. The number of hydrogen-bond acceptors (Lipinski definition) is 3. The number of amides is 1. The van der Waals surface area contributed by atoms with Crippen LogP contribution in [-0.2, 0) is 9.53 Å². The largest absolute Gasteiger partial charge is 0.360 e. The van der Waals surface area contributed by atoms with Crippen molar-refractivity contribution in [1.29, 1.82) is 0 Å². The average molecular weight is 277 g/mol. The first-order valence-corrected chi connectivity index (χ1v) is 6.37. The van der Waals surface area contributed by atoms with Gasteiger partial charge in [0, 0.05) is 7.11 Å². The zero-order valence-corrected chi connectivity index (χ0v) is 10.5. The molecule has 2 fully saturated rings. The summed E-state index contributed by atoms with van der Waals surface area (Å²) in [5.41, 5.74) is 0.